The molecule has 170 valence electrons. The number of ketones is 1. The van der Waals surface area contributed by atoms with E-state index in [9.17, 15) is 14.7 Å². The molecule has 1 atom stereocenters. The number of halogens is 1. The van der Waals surface area contributed by atoms with Crippen LogP contribution in [0.2, 0.25) is 5.02 Å². The van der Waals surface area contributed by atoms with E-state index in [2.05, 4.69) is 0 Å². The quantitative estimate of drug-likeness (QED) is 0.300. The van der Waals surface area contributed by atoms with Gasteiger partial charge in [0.25, 0.3) is 11.7 Å². The molecule has 1 aliphatic heterocycles. The fraction of sp³-hybridized carbons (Fsp3) is 0.200. The van der Waals surface area contributed by atoms with E-state index in [1.807, 2.05) is 6.92 Å². The molecule has 0 spiro atoms. The SMILES string of the molecule is CCOc1ccc(C2/C(=C(\O)c3ccc(Cl)cc3)C(=O)C(=O)N2Cc2ccco2)cc1OC. The van der Waals surface area contributed by atoms with Crippen LogP contribution in [0.3, 0.4) is 0 Å². The highest BCUT2D eigenvalue weighted by Gasteiger charge is 2.46. The molecule has 0 bridgehead atoms. The molecule has 1 N–H and O–H groups in total. The van der Waals surface area contributed by atoms with Gasteiger partial charge in [-0.1, -0.05) is 17.7 Å². The summed E-state index contributed by atoms with van der Waals surface area (Å²) in [6, 6.07) is 14.1. The molecule has 1 unspecified atom stereocenters. The standard InChI is InChI=1S/C25H22ClNO6/c1-3-32-19-11-8-16(13-20(19)31-2)22-21(23(28)15-6-9-17(26)10-7-15)24(29)25(30)27(22)14-18-5-4-12-33-18/h4-13,22,28H,3,14H2,1-2H3/b23-21+. The number of hydrogen-bond donors (Lipinski definition) is 1. The zero-order valence-electron chi connectivity index (χ0n) is 18.1. The fourth-order valence-corrected chi connectivity index (χ4v) is 3.98. The van der Waals surface area contributed by atoms with Crippen LogP contribution in [0.1, 0.15) is 29.9 Å². The van der Waals surface area contributed by atoms with Gasteiger partial charge >= 0.3 is 0 Å². The summed E-state index contributed by atoms with van der Waals surface area (Å²) < 4.78 is 16.5. The number of aliphatic hydroxyl groups is 1. The number of benzene rings is 2. The second kappa shape index (κ2) is 9.42. The van der Waals surface area contributed by atoms with Gasteiger partial charge in [0.15, 0.2) is 11.5 Å². The minimum atomic E-state index is -0.865. The number of Topliss-reactive ketones (excluding diaryl/α,β-unsaturated/α-hetero) is 1. The molecule has 2 heterocycles. The van der Waals surface area contributed by atoms with E-state index >= 15 is 0 Å². The minimum absolute atomic E-state index is 0.0277. The molecule has 0 aliphatic carbocycles. The van der Waals surface area contributed by atoms with Crippen molar-refractivity contribution in [3.8, 4) is 11.5 Å². The summed E-state index contributed by atoms with van der Waals surface area (Å²) in [4.78, 5) is 27.5. The number of aliphatic hydroxyl groups excluding tert-OH is 1. The molecule has 2 aromatic carbocycles. The van der Waals surface area contributed by atoms with Crippen LogP contribution in [0.5, 0.6) is 11.5 Å². The largest absolute Gasteiger partial charge is 0.507 e. The molecular formula is C25H22ClNO6. The Balaban J connectivity index is 1.87. The highest BCUT2D eigenvalue weighted by molar-refractivity contribution is 6.46. The number of hydrogen-bond acceptors (Lipinski definition) is 6. The van der Waals surface area contributed by atoms with Crippen LogP contribution in [-0.2, 0) is 16.1 Å². The van der Waals surface area contributed by atoms with Crippen molar-refractivity contribution in [2.45, 2.75) is 19.5 Å². The molecule has 4 rings (SSSR count). The van der Waals surface area contributed by atoms with Gasteiger partial charge < -0.3 is 23.9 Å². The molecule has 33 heavy (non-hydrogen) atoms. The van der Waals surface area contributed by atoms with Crippen molar-refractivity contribution in [1.29, 1.82) is 0 Å². The number of furan rings is 1. The molecule has 1 aromatic heterocycles. The summed E-state index contributed by atoms with van der Waals surface area (Å²) in [7, 11) is 1.51. The predicted molar refractivity (Wildman–Crippen MR) is 122 cm³/mol. The first-order chi connectivity index (χ1) is 15.9. The number of methoxy groups -OCH3 is 1. The maximum absolute atomic E-state index is 13.1. The average Bonchev–Trinajstić information content (AvgIpc) is 3.42. The molecular weight excluding hydrogens is 446 g/mol. The molecule has 1 amide bonds. The van der Waals surface area contributed by atoms with Gasteiger partial charge in [0.2, 0.25) is 0 Å². The molecule has 1 aliphatic rings. The van der Waals surface area contributed by atoms with Gasteiger partial charge in [-0.15, -0.1) is 0 Å². The van der Waals surface area contributed by atoms with Crippen molar-refractivity contribution in [3.63, 3.8) is 0 Å². The Hall–Kier alpha value is -3.71. The topological polar surface area (TPSA) is 89.2 Å². The van der Waals surface area contributed by atoms with E-state index in [0.717, 1.165) is 0 Å². The molecule has 1 fully saturated rings. The smallest absolute Gasteiger partial charge is 0.296 e. The maximum Gasteiger partial charge on any atom is 0.296 e. The average molecular weight is 468 g/mol. The third kappa shape index (κ3) is 4.32. The van der Waals surface area contributed by atoms with Crippen molar-refractivity contribution in [1.82, 2.24) is 4.90 Å². The van der Waals surface area contributed by atoms with Crippen molar-refractivity contribution >= 4 is 29.1 Å². The third-order valence-electron chi connectivity index (χ3n) is 5.37. The lowest BCUT2D eigenvalue weighted by molar-refractivity contribution is -0.140. The Morgan fingerprint density at radius 2 is 1.88 bits per heavy atom. The normalized spacial score (nSPS) is 17.4. The van der Waals surface area contributed by atoms with Crippen LogP contribution < -0.4 is 9.47 Å². The monoisotopic (exact) mass is 467 g/mol. The van der Waals surface area contributed by atoms with Gasteiger partial charge in [0.05, 0.1) is 38.1 Å². The van der Waals surface area contributed by atoms with E-state index < -0.39 is 17.7 Å². The number of carbonyl (C=O) groups is 2. The molecule has 1 saturated heterocycles. The van der Waals surface area contributed by atoms with E-state index in [1.54, 1.807) is 54.6 Å². The van der Waals surface area contributed by atoms with Crippen molar-refractivity contribution in [3.05, 3.63) is 88.3 Å². The number of amides is 1. The van der Waals surface area contributed by atoms with E-state index in [-0.39, 0.29) is 17.9 Å². The first-order valence-electron chi connectivity index (χ1n) is 10.3. The van der Waals surface area contributed by atoms with Crippen LogP contribution in [0.25, 0.3) is 5.76 Å². The maximum atomic E-state index is 13.1. The van der Waals surface area contributed by atoms with Crippen LogP contribution in [0.4, 0.5) is 0 Å². The van der Waals surface area contributed by atoms with Gasteiger partial charge in [-0.3, -0.25) is 9.59 Å². The summed E-state index contributed by atoms with van der Waals surface area (Å²) in [5.74, 6) is -0.323. The number of rotatable bonds is 7. The van der Waals surface area contributed by atoms with Crippen LogP contribution >= 0.6 is 11.6 Å². The summed E-state index contributed by atoms with van der Waals surface area (Å²) in [6.07, 6.45) is 1.49. The third-order valence-corrected chi connectivity index (χ3v) is 5.62. The molecule has 0 saturated carbocycles. The zero-order valence-corrected chi connectivity index (χ0v) is 18.8. The lowest BCUT2D eigenvalue weighted by Gasteiger charge is -2.25. The van der Waals surface area contributed by atoms with E-state index in [0.29, 0.717) is 40.0 Å². The minimum Gasteiger partial charge on any atom is -0.507 e. The first kappa shape index (κ1) is 22.5. The highest BCUT2D eigenvalue weighted by atomic mass is 35.5. The van der Waals surface area contributed by atoms with Gasteiger partial charge in [0, 0.05) is 10.6 Å². The Bertz CT molecular complexity index is 1200. The van der Waals surface area contributed by atoms with Crippen LogP contribution in [0, 0.1) is 0 Å². The highest BCUT2D eigenvalue weighted by Crippen LogP contribution is 2.42. The van der Waals surface area contributed by atoms with Crippen molar-refractivity contribution in [2.24, 2.45) is 0 Å². The number of ether oxygens (including phenoxy) is 2. The van der Waals surface area contributed by atoms with Crippen molar-refractivity contribution < 1.29 is 28.6 Å². The van der Waals surface area contributed by atoms with Crippen LogP contribution in [0.15, 0.2) is 70.9 Å². The predicted octanol–water partition coefficient (Wildman–Crippen LogP) is 4.96. The fourth-order valence-electron chi connectivity index (χ4n) is 3.85. The summed E-state index contributed by atoms with van der Waals surface area (Å²) >= 11 is 5.97. The summed E-state index contributed by atoms with van der Waals surface area (Å²) in [5, 5.41) is 11.6. The van der Waals surface area contributed by atoms with Gasteiger partial charge in [-0.05, 0) is 61.0 Å². The van der Waals surface area contributed by atoms with Crippen LogP contribution in [-0.4, -0.2) is 35.4 Å². The van der Waals surface area contributed by atoms with Crippen molar-refractivity contribution in [2.75, 3.05) is 13.7 Å². The summed E-state index contributed by atoms with van der Waals surface area (Å²) in [6.45, 7) is 2.36. The number of likely N-dealkylation sites (tertiary alicyclic amines) is 1. The second-order valence-corrected chi connectivity index (χ2v) is 7.79. The Morgan fingerprint density at radius 3 is 2.52 bits per heavy atom. The van der Waals surface area contributed by atoms with Gasteiger partial charge in [-0.2, -0.15) is 0 Å². The van der Waals surface area contributed by atoms with Gasteiger partial charge in [0.1, 0.15) is 11.5 Å². The molecule has 7 nitrogen and oxygen atoms in total. The van der Waals surface area contributed by atoms with E-state index in [1.165, 1.54) is 18.3 Å². The second-order valence-electron chi connectivity index (χ2n) is 7.36. The Morgan fingerprint density at radius 1 is 1.12 bits per heavy atom. The molecule has 0 radical (unpaired) electrons. The lowest BCUT2D eigenvalue weighted by Crippen LogP contribution is -2.29. The van der Waals surface area contributed by atoms with Gasteiger partial charge in [-0.25, -0.2) is 0 Å². The Kier molecular flexibility index (Phi) is 6.42. The van der Waals surface area contributed by atoms with E-state index in [4.69, 9.17) is 25.5 Å². The Labute approximate surface area is 195 Å². The molecule has 3 aromatic rings. The lowest BCUT2D eigenvalue weighted by atomic mass is 9.95. The molecule has 8 heteroatoms. The number of nitrogens with zero attached hydrogens (tertiary/aromatic N) is 1. The zero-order chi connectivity index (χ0) is 23.5. The first-order valence-corrected chi connectivity index (χ1v) is 10.7. The number of carbonyl (C=O) groups excluding carboxylic acids is 2. The summed E-state index contributed by atoms with van der Waals surface area (Å²) in [5.41, 5.74) is 0.926.